The molecular formula is C40H60N8O9S. The molecule has 320 valence electrons. The fourth-order valence-electron chi connectivity index (χ4n) is 5.54. The first-order chi connectivity index (χ1) is 27.9. The Balaban J connectivity index is 1.18. The van der Waals surface area contributed by atoms with Gasteiger partial charge in [-0.25, -0.2) is 14.8 Å². The molecule has 2 aromatic heterocycles. The number of hydrogen-bond donors (Lipinski definition) is 4. The SMILES string of the molecule is CC(C)SCCOCCC(=O)CCCCOCCOCCOCCCCC(=O)CCC(NC(=O)c1ccc(N(C)Cc2cnc3nc(N)nc(N)c3n2)cc1)C(=O)O. The van der Waals surface area contributed by atoms with Gasteiger partial charge in [0, 0.05) is 62.9 Å². The van der Waals surface area contributed by atoms with Crippen molar-refractivity contribution >= 4 is 63.8 Å². The van der Waals surface area contributed by atoms with Crippen molar-refractivity contribution in [3.63, 3.8) is 0 Å². The zero-order chi connectivity index (χ0) is 42.1. The molecule has 1 aromatic carbocycles. The average molecular weight is 829 g/mol. The molecule has 0 saturated heterocycles. The fraction of sp³-hybridized carbons (Fsp3) is 0.600. The maximum atomic E-state index is 12.9. The minimum absolute atomic E-state index is 0.0128. The number of carbonyl (C=O) groups is 4. The molecule has 0 bridgehead atoms. The van der Waals surface area contributed by atoms with Gasteiger partial charge < -0.3 is 45.7 Å². The maximum Gasteiger partial charge on any atom is 0.326 e. The molecule has 0 aliphatic carbocycles. The summed E-state index contributed by atoms with van der Waals surface area (Å²) in [5.74, 6) is -0.506. The predicted octanol–water partition coefficient (Wildman–Crippen LogP) is 4.26. The van der Waals surface area contributed by atoms with Crippen LogP contribution in [0.4, 0.5) is 17.5 Å². The van der Waals surface area contributed by atoms with Crippen LogP contribution in [0.2, 0.25) is 0 Å². The van der Waals surface area contributed by atoms with E-state index < -0.39 is 17.9 Å². The van der Waals surface area contributed by atoms with E-state index in [0.717, 1.165) is 24.3 Å². The van der Waals surface area contributed by atoms with Gasteiger partial charge >= 0.3 is 5.97 Å². The summed E-state index contributed by atoms with van der Waals surface area (Å²) in [6.07, 6.45) is 5.83. The van der Waals surface area contributed by atoms with E-state index in [-0.39, 0.29) is 41.7 Å². The standard InChI is InChI=1S/C40H60N8O9S/c1-28(2)58-25-24-56-19-16-33(50)9-5-7-18-55-21-23-57-22-20-54-17-6-4-8-32(49)14-15-34(39(52)53)45-38(51)29-10-12-31(13-11-29)48(3)27-30-26-43-37-35(44-30)36(41)46-40(42)47-37/h10-13,26,28,34H,4-9,14-25,27H2,1-3H3,(H,45,51)(H,52,53)(H4,41,42,43,46,47). The number of Topliss-reactive ketones (excluding diaryl/α,β-unsaturated/α-hetero) is 2. The number of fused-ring (bicyclic) bond motifs is 1. The monoisotopic (exact) mass is 828 g/mol. The van der Waals surface area contributed by atoms with E-state index in [1.165, 1.54) is 0 Å². The lowest BCUT2D eigenvalue weighted by Crippen LogP contribution is -2.41. The number of benzene rings is 1. The van der Waals surface area contributed by atoms with E-state index in [1.807, 2.05) is 23.7 Å². The summed E-state index contributed by atoms with van der Waals surface area (Å²) in [5, 5.41) is 12.8. The van der Waals surface area contributed by atoms with Gasteiger partial charge in [-0.3, -0.25) is 14.4 Å². The van der Waals surface area contributed by atoms with Crippen molar-refractivity contribution in [1.29, 1.82) is 0 Å². The summed E-state index contributed by atoms with van der Waals surface area (Å²) in [5.41, 5.74) is 13.9. The van der Waals surface area contributed by atoms with E-state index in [4.69, 9.17) is 30.4 Å². The molecule has 6 N–H and O–H groups in total. The Labute approximate surface area is 344 Å². The number of nitrogens with one attached hydrogen (secondary N) is 1. The van der Waals surface area contributed by atoms with E-state index in [0.29, 0.717) is 114 Å². The number of anilines is 3. The normalized spacial score (nSPS) is 11.9. The fourth-order valence-corrected chi connectivity index (χ4v) is 6.23. The highest BCUT2D eigenvalue weighted by Crippen LogP contribution is 2.19. The second-order valence-corrected chi connectivity index (χ2v) is 15.6. The third-order valence-corrected chi connectivity index (χ3v) is 9.79. The highest BCUT2D eigenvalue weighted by Gasteiger charge is 2.22. The second-order valence-electron chi connectivity index (χ2n) is 13.9. The van der Waals surface area contributed by atoms with E-state index in [2.05, 4.69) is 39.1 Å². The number of unbranched alkanes of at least 4 members (excludes halogenated alkanes) is 2. The molecule has 3 rings (SSSR count). The molecule has 1 unspecified atom stereocenters. The molecule has 17 nitrogen and oxygen atoms in total. The molecule has 18 heteroatoms. The van der Waals surface area contributed by atoms with Crippen LogP contribution in [0.3, 0.4) is 0 Å². The molecule has 0 radical (unpaired) electrons. The number of carboxylic acid groups (broad SMARTS) is 1. The Bertz CT molecular complexity index is 1720. The van der Waals surface area contributed by atoms with Gasteiger partial charge in [0.25, 0.3) is 5.91 Å². The summed E-state index contributed by atoms with van der Waals surface area (Å²) in [6.45, 7) is 8.73. The molecule has 1 atom stereocenters. The number of hydrogen-bond acceptors (Lipinski definition) is 16. The molecule has 0 fully saturated rings. The molecule has 2 heterocycles. The zero-order valence-electron chi connectivity index (χ0n) is 34.0. The van der Waals surface area contributed by atoms with Crippen molar-refractivity contribution < 1.29 is 43.2 Å². The summed E-state index contributed by atoms with van der Waals surface area (Å²) in [7, 11) is 1.84. The first-order valence-electron chi connectivity index (χ1n) is 19.8. The van der Waals surface area contributed by atoms with Gasteiger partial charge in [-0.2, -0.15) is 21.7 Å². The lowest BCUT2D eigenvalue weighted by molar-refractivity contribution is -0.139. The number of ether oxygens (including phenoxy) is 4. The number of carboxylic acids is 1. The van der Waals surface area contributed by atoms with Crippen LogP contribution >= 0.6 is 11.8 Å². The third-order valence-electron chi connectivity index (χ3n) is 8.72. The van der Waals surface area contributed by atoms with Crippen molar-refractivity contribution in [3.8, 4) is 0 Å². The average Bonchev–Trinajstić information content (AvgIpc) is 3.19. The summed E-state index contributed by atoms with van der Waals surface area (Å²) in [4.78, 5) is 67.8. The Kier molecular flexibility index (Phi) is 22.5. The van der Waals surface area contributed by atoms with Gasteiger partial charge in [0.1, 0.15) is 17.6 Å². The van der Waals surface area contributed by atoms with Crippen LogP contribution in [0.15, 0.2) is 30.5 Å². The van der Waals surface area contributed by atoms with Crippen LogP contribution in [-0.2, 0) is 39.9 Å². The predicted molar refractivity (Wildman–Crippen MR) is 224 cm³/mol. The van der Waals surface area contributed by atoms with Gasteiger partial charge in [-0.05, 0) is 61.6 Å². The highest BCUT2D eigenvalue weighted by atomic mass is 32.2. The highest BCUT2D eigenvalue weighted by molar-refractivity contribution is 7.99. The molecule has 0 saturated carbocycles. The van der Waals surface area contributed by atoms with Crippen LogP contribution in [0.1, 0.15) is 87.7 Å². The summed E-state index contributed by atoms with van der Waals surface area (Å²) >= 11 is 1.85. The lowest BCUT2D eigenvalue weighted by atomic mass is 10.0. The lowest BCUT2D eigenvalue weighted by Gasteiger charge is -2.19. The molecule has 0 aliphatic heterocycles. The van der Waals surface area contributed by atoms with Gasteiger partial charge in [-0.1, -0.05) is 13.8 Å². The van der Waals surface area contributed by atoms with Crippen molar-refractivity contribution in [3.05, 3.63) is 41.7 Å². The van der Waals surface area contributed by atoms with Crippen LogP contribution in [0.25, 0.3) is 11.2 Å². The molecule has 3 aromatic rings. The number of ketones is 2. The van der Waals surface area contributed by atoms with Crippen LogP contribution in [0, 0.1) is 0 Å². The first kappa shape index (κ1) is 47.9. The topological polar surface area (TPSA) is 244 Å². The van der Waals surface area contributed by atoms with Crippen molar-refractivity contribution in [1.82, 2.24) is 25.3 Å². The maximum absolute atomic E-state index is 12.9. The van der Waals surface area contributed by atoms with Gasteiger partial charge in [0.2, 0.25) is 5.95 Å². The Hall–Kier alpha value is -4.49. The summed E-state index contributed by atoms with van der Waals surface area (Å²) in [6, 6.07) is 5.45. The van der Waals surface area contributed by atoms with E-state index in [1.54, 1.807) is 30.5 Å². The van der Waals surface area contributed by atoms with Gasteiger partial charge in [0.05, 0.1) is 58.1 Å². The van der Waals surface area contributed by atoms with Crippen LogP contribution < -0.4 is 21.7 Å². The molecular weight excluding hydrogens is 769 g/mol. The van der Waals surface area contributed by atoms with E-state index in [9.17, 15) is 24.3 Å². The first-order valence-corrected chi connectivity index (χ1v) is 20.8. The largest absolute Gasteiger partial charge is 0.480 e. The van der Waals surface area contributed by atoms with E-state index >= 15 is 0 Å². The minimum Gasteiger partial charge on any atom is -0.480 e. The summed E-state index contributed by atoms with van der Waals surface area (Å²) < 4.78 is 22.2. The molecule has 58 heavy (non-hydrogen) atoms. The van der Waals surface area contributed by atoms with Crippen molar-refractivity contribution in [2.75, 3.05) is 82.0 Å². The smallest absolute Gasteiger partial charge is 0.326 e. The number of nitrogen functional groups attached to an aromatic ring is 2. The Morgan fingerprint density at radius 1 is 0.776 bits per heavy atom. The zero-order valence-corrected chi connectivity index (χ0v) is 34.8. The minimum atomic E-state index is -1.21. The Morgan fingerprint density at radius 3 is 2.00 bits per heavy atom. The van der Waals surface area contributed by atoms with Crippen LogP contribution in [-0.4, -0.2) is 125 Å². The Morgan fingerprint density at radius 2 is 1.38 bits per heavy atom. The molecule has 0 spiro atoms. The van der Waals surface area contributed by atoms with Gasteiger partial charge in [0.15, 0.2) is 17.0 Å². The number of carbonyl (C=O) groups excluding carboxylic acids is 3. The number of rotatable bonds is 32. The second kappa shape index (κ2) is 27.2. The number of nitrogens with zero attached hydrogens (tertiary/aromatic N) is 5. The van der Waals surface area contributed by atoms with Crippen molar-refractivity contribution in [2.45, 2.75) is 89.5 Å². The quantitative estimate of drug-likeness (QED) is 0.0642. The van der Waals surface area contributed by atoms with Crippen LogP contribution in [0.5, 0.6) is 0 Å². The molecule has 1 amide bonds. The number of aliphatic carboxylic acids is 1. The van der Waals surface area contributed by atoms with Crippen molar-refractivity contribution in [2.24, 2.45) is 0 Å². The third kappa shape index (κ3) is 19.3. The number of thioether (sulfide) groups is 1. The number of aromatic nitrogens is 4. The number of nitrogens with two attached hydrogens (primary N) is 2. The molecule has 0 aliphatic rings. The van der Waals surface area contributed by atoms with Gasteiger partial charge in [-0.15, -0.1) is 0 Å². The number of amides is 1.